The van der Waals surface area contributed by atoms with Crippen LogP contribution in [0.25, 0.3) is 0 Å². The molecular weight excluding hydrogens is 201 g/mol. The van der Waals surface area contributed by atoms with Crippen LogP contribution in [0.15, 0.2) is 6.20 Å². The van der Waals surface area contributed by atoms with E-state index in [0.29, 0.717) is 6.20 Å². The van der Waals surface area contributed by atoms with Crippen molar-refractivity contribution in [3.63, 3.8) is 0 Å². The van der Waals surface area contributed by atoms with Crippen molar-refractivity contribution in [2.75, 3.05) is 0 Å². The predicted octanol–water partition coefficient (Wildman–Crippen LogP) is 1.50. The van der Waals surface area contributed by atoms with Crippen LogP contribution in [0.3, 0.4) is 0 Å². The van der Waals surface area contributed by atoms with Gasteiger partial charge in [-0.15, -0.1) is 0 Å². The number of aromatic nitrogens is 2. The van der Waals surface area contributed by atoms with Gasteiger partial charge in [0.05, 0.1) is 11.9 Å². The molecule has 0 fully saturated rings. The van der Waals surface area contributed by atoms with Crippen molar-refractivity contribution in [2.24, 2.45) is 0 Å². The summed E-state index contributed by atoms with van der Waals surface area (Å²) in [6.45, 7) is 1.16. The van der Waals surface area contributed by atoms with E-state index in [1.165, 1.54) is 0 Å². The second-order valence-corrected chi connectivity index (χ2v) is 2.49. The van der Waals surface area contributed by atoms with Crippen molar-refractivity contribution in [2.45, 2.75) is 13.1 Å². The average Bonchev–Trinajstić information content (AvgIpc) is 2.01. The molecule has 1 heterocycles. The number of halogens is 3. The van der Waals surface area contributed by atoms with Crippen LogP contribution < -0.4 is 0 Å². The normalized spacial score (nSPS) is 11.4. The molecule has 1 aromatic rings. The molecule has 0 amide bonds. The summed E-state index contributed by atoms with van der Waals surface area (Å²) < 4.78 is 36.2. The zero-order chi connectivity index (χ0) is 10.9. The van der Waals surface area contributed by atoms with Crippen molar-refractivity contribution in [1.82, 2.24) is 9.97 Å². The highest BCUT2D eigenvalue weighted by Gasteiger charge is 2.33. The largest absolute Gasteiger partial charge is 0.476 e. The molecule has 0 saturated carbocycles. The summed E-state index contributed by atoms with van der Waals surface area (Å²) >= 11 is 0. The van der Waals surface area contributed by atoms with Gasteiger partial charge >= 0.3 is 12.1 Å². The molecule has 1 aromatic heterocycles. The first-order valence-corrected chi connectivity index (χ1v) is 3.46. The quantitative estimate of drug-likeness (QED) is 0.756. The molecular formula is C7H5F3N2O2. The van der Waals surface area contributed by atoms with Gasteiger partial charge in [-0.05, 0) is 6.92 Å². The summed E-state index contributed by atoms with van der Waals surface area (Å²) in [6, 6.07) is 0. The number of carboxylic acid groups (broad SMARTS) is 1. The van der Waals surface area contributed by atoms with E-state index in [9.17, 15) is 18.0 Å². The molecule has 0 aromatic carbocycles. The molecule has 1 rings (SSSR count). The maximum absolute atomic E-state index is 12.1. The molecule has 0 atom stereocenters. The van der Waals surface area contributed by atoms with Crippen LogP contribution in [-0.2, 0) is 6.18 Å². The van der Waals surface area contributed by atoms with Gasteiger partial charge in [0.25, 0.3) is 0 Å². The maximum Gasteiger partial charge on any atom is 0.434 e. The standard InChI is InChI=1S/C7H5F3N2O2/c1-3-5(6(13)14)11-2-4(12-3)7(8,9)10/h2H,1H3,(H,13,14). The number of alkyl halides is 3. The minimum atomic E-state index is -4.60. The Morgan fingerprint density at radius 2 is 2.07 bits per heavy atom. The van der Waals surface area contributed by atoms with Crippen LogP contribution in [0.5, 0.6) is 0 Å². The topological polar surface area (TPSA) is 63.1 Å². The highest BCUT2D eigenvalue weighted by Crippen LogP contribution is 2.27. The number of nitrogens with zero attached hydrogens (tertiary/aromatic N) is 2. The van der Waals surface area contributed by atoms with E-state index in [-0.39, 0.29) is 5.69 Å². The lowest BCUT2D eigenvalue weighted by atomic mass is 10.3. The van der Waals surface area contributed by atoms with E-state index in [0.717, 1.165) is 6.92 Å². The first-order chi connectivity index (χ1) is 6.32. The second kappa shape index (κ2) is 3.24. The minimum absolute atomic E-state index is 0.257. The summed E-state index contributed by atoms with van der Waals surface area (Å²) in [4.78, 5) is 16.7. The molecule has 1 N–H and O–H groups in total. The highest BCUT2D eigenvalue weighted by atomic mass is 19.4. The fourth-order valence-electron chi connectivity index (χ4n) is 0.828. The Hall–Kier alpha value is -1.66. The van der Waals surface area contributed by atoms with Gasteiger partial charge in [-0.3, -0.25) is 0 Å². The first-order valence-electron chi connectivity index (χ1n) is 3.46. The van der Waals surface area contributed by atoms with E-state index >= 15 is 0 Å². The Morgan fingerprint density at radius 3 is 2.43 bits per heavy atom. The van der Waals surface area contributed by atoms with Gasteiger partial charge in [0, 0.05) is 0 Å². The molecule has 76 valence electrons. The van der Waals surface area contributed by atoms with Crippen LogP contribution in [0, 0.1) is 6.92 Å². The van der Waals surface area contributed by atoms with E-state index in [2.05, 4.69) is 9.97 Å². The third kappa shape index (κ3) is 1.98. The van der Waals surface area contributed by atoms with Crippen LogP contribution in [0.1, 0.15) is 21.9 Å². The molecule has 0 spiro atoms. The lowest BCUT2D eigenvalue weighted by molar-refractivity contribution is -0.141. The van der Waals surface area contributed by atoms with Gasteiger partial charge < -0.3 is 5.11 Å². The number of aromatic carboxylic acids is 1. The minimum Gasteiger partial charge on any atom is -0.476 e. The van der Waals surface area contributed by atoms with Crippen LogP contribution >= 0.6 is 0 Å². The number of carbonyl (C=O) groups is 1. The predicted molar refractivity (Wildman–Crippen MR) is 38.7 cm³/mol. The van der Waals surface area contributed by atoms with Crippen molar-refractivity contribution >= 4 is 5.97 Å². The third-order valence-corrected chi connectivity index (χ3v) is 1.44. The van der Waals surface area contributed by atoms with E-state index < -0.39 is 23.5 Å². The van der Waals surface area contributed by atoms with Crippen molar-refractivity contribution in [1.29, 1.82) is 0 Å². The molecule has 0 aliphatic heterocycles. The lowest BCUT2D eigenvalue weighted by Gasteiger charge is -2.06. The van der Waals surface area contributed by atoms with Gasteiger partial charge in [-0.2, -0.15) is 13.2 Å². The SMILES string of the molecule is Cc1nc(C(F)(F)F)cnc1C(=O)O. The number of aryl methyl sites for hydroxylation is 1. The van der Waals surface area contributed by atoms with Crippen LogP contribution in [0.2, 0.25) is 0 Å². The van der Waals surface area contributed by atoms with E-state index in [4.69, 9.17) is 5.11 Å². The molecule has 14 heavy (non-hydrogen) atoms. The molecule has 0 unspecified atom stereocenters. The Morgan fingerprint density at radius 1 is 1.50 bits per heavy atom. The summed E-state index contributed by atoms with van der Waals surface area (Å²) in [5.41, 5.74) is -1.93. The van der Waals surface area contributed by atoms with Crippen molar-refractivity contribution < 1.29 is 23.1 Å². The number of hydrogen-bond acceptors (Lipinski definition) is 3. The summed E-state index contributed by atoms with van der Waals surface area (Å²) in [5.74, 6) is -1.40. The Balaban J connectivity index is 3.20. The van der Waals surface area contributed by atoms with Crippen molar-refractivity contribution in [3.05, 3.63) is 23.3 Å². The van der Waals surface area contributed by atoms with Gasteiger partial charge in [0.2, 0.25) is 0 Å². The zero-order valence-corrected chi connectivity index (χ0v) is 6.96. The van der Waals surface area contributed by atoms with Gasteiger partial charge in [-0.25, -0.2) is 14.8 Å². The molecule has 4 nitrogen and oxygen atoms in total. The van der Waals surface area contributed by atoms with Crippen LogP contribution in [0.4, 0.5) is 13.2 Å². The average molecular weight is 206 g/mol. The first kappa shape index (κ1) is 10.4. The Labute approximate surface area is 76.4 Å². The van der Waals surface area contributed by atoms with Gasteiger partial charge in [-0.1, -0.05) is 0 Å². The molecule has 0 bridgehead atoms. The van der Waals surface area contributed by atoms with Gasteiger partial charge in [0.15, 0.2) is 11.4 Å². The summed E-state index contributed by atoms with van der Waals surface area (Å²) in [5, 5.41) is 8.48. The van der Waals surface area contributed by atoms with Crippen molar-refractivity contribution in [3.8, 4) is 0 Å². The fraction of sp³-hybridized carbons (Fsp3) is 0.286. The Bertz CT molecular complexity index is 376. The maximum atomic E-state index is 12.1. The summed E-state index contributed by atoms with van der Waals surface area (Å²) in [6.07, 6.45) is -4.20. The monoisotopic (exact) mass is 206 g/mol. The smallest absolute Gasteiger partial charge is 0.434 e. The molecule has 0 aliphatic rings. The molecule has 7 heteroatoms. The lowest BCUT2D eigenvalue weighted by Crippen LogP contribution is -2.13. The van der Waals surface area contributed by atoms with E-state index in [1.807, 2.05) is 0 Å². The highest BCUT2D eigenvalue weighted by molar-refractivity contribution is 5.86. The third-order valence-electron chi connectivity index (χ3n) is 1.44. The summed E-state index contributed by atoms with van der Waals surface area (Å²) in [7, 11) is 0. The number of hydrogen-bond donors (Lipinski definition) is 1. The van der Waals surface area contributed by atoms with Gasteiger partial charge in [0.1, 0.15) is 0 Å². The van der Waals surface area contributed by atoms with Crippen LogP contribution in [-0.4, -0.2) is 21.0 Å². The zero-order valence-electron chi connectivity index (χ0n) is 6.96. The molecule has 0 radical (unpaired) electrons. The number of carboxylic acids is 1. The fourth-order valence-corrected chi connectivity index (χ4v) is 0.828. The molecule has 0 aliphatic carbocycles. The Kier molecular flexibility index (Phi) is 2.41. The number of rotatable bonds is 1. The second-order valence-electron chi connectivity index (χ2n) is 2.49. The molecule has 0 saturated heterocycles. The van der Waals surface area contributed by atoms with E-state index in [1.54, 1.807) is 0 Å².